The molecule has 0 amide bonds. The SMILES string of the molecule is C=C(OC(=NC)C(O)C12CCC3C(CCC4C5(C)CCC(C)C5CCC34C)C1=C(C(C)C)/C(=C\CC)C2)C1(C)C=CC(C#N)=CC1.C=CC(=C)C(C)C.CC(C)(C=O)CC(=O)O.CCC(C)(C)C=O.CO.CO.[HH]. The molecule has 0 aliphatic heterocycles. The number of hydrogen-bond acceptors (Lipinski definition) is 9. The molecule has 6 rings (SSSR count). The molecule has 0 spiro atoms. The van der Waals surface area contributed by atoms with E-state index in [0.29, 0.717) is 64.4 Å². The summed E-state index contributed by atoms with van der Waals surface area (Å²) in [4.78, 5) is 34.8. The molecule has 0 saturated heterocycles. The number of hydrogen-bond donors (Lipinski definition) is 4. The molecule has 0 aromatic carbocycles. The molecule has 4 N–H and O–H groups in total. The molecule has 6 aliphatic carbocycles. The Morgan fingerprint density at radius 3 is 1.90 bits per heavy atom. The molecule has 0 aromatic heterocycles. The molecular formula is C63H104N2O8. The lowest BCUT2D eigenvalue weighted by Crippen LogP contribution is -2.58. The van der Waals surface area contributed by atoms with Gasteiger partial charge in [0.1, 0.15) is 24.4 Å². The lowest BCUT2D eigenvalue weighted by molar-refractivity contribution is -0.141. The van der Waals surface area contributed by atoms with Gasteiger partial charge in [-0.3, -0.25) is 9.79 Å². The molecule has 6 aliphatic rings. The summed E-state index contributed by atoms with van der Waals surface area (Å²) in [6.45, 7) is 41.9. The number of carboxylic acid groups (broad SMARTS) is 1. The van der Waals surface area contributed by atoms with Crippen molar-refractivity contribution in [2.45, 2.75) is 187 Å². The van der Waals surface area contributed by atoms with Gasteiger partial charge in [0.15, 0.2) is 0 Å². The third-order valence-corrected chi connectivity index (χ3v) is 17.8. The van der Waals surface area contributed by atoms with Crippen LogP contribution in [0.3, 0.4) is 0 Å². The van der Waals surface area contributed by atoms with E-state index in [1.54, 1.807) is 32.5 Å². The highest BCUT2D eigenvalue weighted by Crippen LogP contribution is 2.73. The van der Waals surface area contributed by atoms with Gasteiger partial charge >= 0.3 is 5.97 Å². The van der Waals surface area contributed by atoms with Crippen LogP contribution >= 0.6 is 0 Å². The number of aliphatic hydroxyl groups excluding tert-OH is 3. The monoisotopic (exact) mass is 1020 g/mol. The fraction of sp³-hybridized carbons (Fsp3) is 0.698. The summed E-state index contributed by atoms with van der Waals surface area (Å²) in [5.74, 6) is 4.70. The standard InChI is InChI=1S/C42H60N2O2.C7H12.C6H10O3.C6H12O.2CH4O.H2/c1-10-11-30-24-42(37(45)38(44-9)46-28(5)39(6)19-15-29(25-43)16-20-39)23-18-33-31(36(42)35(30)26(2)3)12-13-34-40(7)21-14-27(4)32(40)17-22-41(33,34)8;1-5-7(4)6(2)3;1-6(2,4-7)3-5(8)9;1-4-6(2,3)5-7;2*1-2;/h11,15-16,19,26-27,31-34,37,45H,5,10,12-14,17-18,20-24H2,1-4,6-9H3;5-6H,1,4H2,2-3H3;4H,3H2,1-2H3,(H,8,9);5H,4H2,1-3H3;2*2H,1H3;1H/b30-11-,44-38?;;;;;;. The highest BCUT2D eigenvalue weighted by Gasteiger charge is 2.65. The average molecular weight is 1020 g/mol. The van der Waals surface area contributed by atoms with Gasteiger partial charge in [-0.15, -0.1) is 0 Å². The van der Waals surface area contributed by atoms with E-state index in [0.717, 1.165) is 69.5 Å². The van der Waals surface area contributed by atoms with Gasteiger partial charge in [0.2, 0.25) is 5.90 Å². The van der Waals surface area contributed by atoms with Crippen molar-refractivity contribution in [1.82, 2.24) is 0 Å². The summed E-state index contributed by atoms with van der Waals surface area (Å²) < 4.78 is 6.53. The summed E-state index contributed by atoms with van der Waals surface area (Å²) in [6.07, 6.45) is 24.4. The van der Waals surface area contributed by atoms with E-state index in [-0.39, 0.29) is 13.3 Å². The van der Waals surface area contributed by atoms with Gasteiger partial charge in [0.25, 0.3) is 0 Å². The maximum absolute atomic E-state index is 12.6. The van der Waals surface area contributed by atoms with Crippen LogP contribution in [0.5, 0.6) is 0 Å². The zero-order valence-corrected chi connectivity index (χ0v) is 48.8. The molecule has 73 heavy (non-hydrogen) atoms. The van der Waals surface area contributed by atoms with E-state index in [1.807, 2.05) is 39.0 Å². The van der Waals surface area contributed by atoms with Crippen molar-refractivity contribution in [3.63, 3.8) is 0 Å². The van der Waals surface area contributed by atoms with Crippen LogP contribution in [0, 0.1) is 85.2 Å². The minimum atomic E-state index is -0.938. The molecule has 0 radical (unpaired) electrons. The van der Waals surface area contributed by atoms with Crippen LogP contribution in [-0.2, 0) is 19.1 Å². The number of nitriles is 1. The Bertz CT molecular complexity index is 2100. The van der Waals surface area contributed by atoms with E-state index >= 15 is 0 Å². The van der Waals surface area contributed by atoms with Crippen molar-refractivity contribution in [2.24, 2.45) is 78.9 Å². The highest BCUT2D eigenvalue weighted by atomic mass is 16.5. The van der Waals surface area contributed by atoms with Gasteiger partial charge in [-0.25, -0.2) is 0 Å². The summed E-state index contributed by atoms with van der Waals surface area (Å²) in [7, 11) is 3.75. The number of aliphatic carboxylic acids is 1. The predicted octanol–water partition coefficient (Wildman–Crippen LogP) is 14.4. The number of fused-ring (bicyclic) bond motifs is 7. The molecule has 0 heterocycles. The molecule has 414 valence electrons. The topological polar surface area (TPSA) is 178 Å². The Hall–Kier alpha value is -4.17. The van der Waals surface area contributed by atoms with Gasteiger partial charge < -0.3 is 34.8 Å². The van der Waals surface area contributed by atoms with Gasteiger partial charge in [-0.1, -0.05) is 145 Å². The number of ether oxygens (including phenoxy) is 1. The van der Waals surface area contributed by atoms with Crippen LogP contribution in [-0.4, -0.2) is 72.2 Å². The van der Waals surface area contributed by atoms with Gasteiger partial charge in [0, 0.05) is 49.9 Å². The summed E-state index contributed by atoms with van der Waals surface area (Å²) in [5.41, 5.74) is 5.46. The van der Waals surface area contributed by atoms with Crippen molar-refractivity contribution in [1.29, 1.82) is 5.26 Å². The largest absolute Gasteiger partial charge is 0.481 e. The van der Waals surface area contributed by atoms with Crippen LogP contribution < -0.4 is 0 Å². The zero-order chi connectivity index (χ0) is 56.5. The minimum absolute atomic E-state index is 0. The fourth-order valence-electron chi connectivity index (χ4n) is 13.1. The second-order valence-electron chi connectivity index (χ2n) is 24.3. The lowest BCUT2D eigenvalue weighted by atomic mass is 9.40. The molecule has 4 saturated carbocycles. The van der Waals surface area contributed by atoms with Crippen molar-refractivity contribution >= 4 is 24.4 Å². The highest BCUT2D eigenvalue weighted by molar-refractivity contribution is 5.84. The third kappa shape index (κ3) is 15.7. The molecular weight excluding hydrogens is 913 g/mol. The van der Waals surface area contributed by atoms with E-state index in [9.17, 15) is 24.8 Å². The van der Waals surface area contributed by atoms with Crippen molar-refractivity contribution in [2.75, 3.05) is 21.3 Å². The molecule has 10 nitrogen and oxygen atoms in total. The maximum Gasteiger partial charge on any atom is 0.304 e. The Morgan fingerprint density at radius 1 is 0.932 bits per heavy atom. The van der Waals surface area contributed by atoms with E-state index < -0.39 is 28.3 Å². The number of nitrogens with zero attached hydrogens (tertiary/aromatic N) is 2. The number of aldehydes is 2. The minimum Gasteiger partial charge on any atom is -0.481 e. The summed E-state index contributed by atoms with van der Waals surface area (Å²) in [5, 5.41) is 44.2. The molecule has 10 atom stereocenters. The van der Waals surface area contributed by atoms with E-state index in [4.69, 9.17) is 20.1 Å². The fourth-order valence-corrected chi connectivity index (χ4v) is 13.1. The van der Waals surface area contributed by atoms with Gasteiger partial charge in [-0.2, -0.15) is 5.26 Å². The molecule has 10 heteroatoms. The Balaban J connectivity index is 0.00000157. The molecule has 10 unspecified atom stereocenters. The van der Waals surface area contributed by atoms with Crippen molar-refractivity contribution in [3.05, 3.63) is 83.7 Å². The molecule has 0 aromatic rings. The van der Waals surface area contributed by atoms with Crippen LogP contribution in [0.1, 0.15) is 182 Å². The zero-order valence-electron chi connectivity index (χ0n) is 48.8. The smallest absolute Gasteiger partial charge is 0.304 e. The van der Waals surface area contributed by atoms with Gasteiger partial charge in [0.05, 0.1) is 12.5 Å². The quantitative estimate of drug-likeness (QED) is 0.0460. The number of carboxylic acids is 1. The van der Waals surface area contributed by atoms with Crippen molar-refractivity contribution in [3.8, 4) is 6.07 Å². The number of carbonyl (C=O) groups is 3. The first-order chi connectivity index (χ1) is 34.1. The number of allylic oxidation sites excluding steroid dienone is 9. The maximum atomic E-state index is 12.6. The first kappa shape index (κ1) is 66.8. The van der Waals surface area contributed by atoms with Crippen molar-refractivity contribution < 1.29 is 41.0 Å². The first-order valence-corrected chi connectivity index (χ1v) is 27.2. The summed E-state index contributed by atoms with van der Waals surface area (Å²) >= 11 is 0. The third-order valence-electron chi connectivity index (χ3n) is 17.8. The Morgan fingerprint density at radius 2 is 1.49 bits per heavy atom. The number of aliphatic imine (C=N–C) groups is 1. The molecule has 0 bridgehead atoms. The van der Waals surface area contributed by atoms with E-state index in [2.05, 4.69) is 99.2 Å². The normalized spacial score (nSPS) is 30.8. The first-order valence-electron chi connectivity index (χ1n) is 27.2. The van der Waals surface area contributed by atoms with Gasteiger partial charge in [-0.05, 0) is 153 Å². The predicted molar refractivity (Wildman–Crippen MR) is 304 cm³/mol. The lowest BCUT2D eigenvalue weighted by Gasteiger charge is -2.64. The average Bonchev–Trinajstić information content (AvgIpc) is 3.87. The Labute approximate surface area is 445 Å². The van der Waals surface area contributed by atoms with Crippen LogP contribution in [0.4, 0.5) is 0 Å². The van der Waals surface area contributed by atoms with Crippen LogP contribution in [0.15, 0.2) is 88.7 Å². The second kappa shape index (κ2) is 28.7. The van der Waals surface area contributed by atoms with E-state index in [1.165, 1.54) is 56.1 Å². The molecule has 4 fully saturated rings. The number of aliphatic hydroxyl groups is 3. The Kier molecular flexibility index (Phi) is 26.2. The van der Waals surface area contributed by atoms with Crippen LogP contribution in [0.2, 0.25) is 0 Å². The number of carbonyl (C=O) groups excluding carboxylic acids is 2. The number of rotatable bonds is 13. The second-order valence-corrected chi connectivity index (χ2v) is 24.3. The summed E-state index contributed by atoms with van der Waals surface area (Å²) in [6, 6.07) is 2.23. The van der Waals surface area contributed by atoms with Crippen LogP contribution in [0.25, 0.3) is 0 Å².